The SMILES string of the molecule is O=C(O)[C@H]1CCCC[C@@H]1O. The van der Waals surface area contributed by atoms with Gasteiger partial charge >= 0.3 is 5.97 Å². The first-order valence-corrected chi connectivity index (χ1v) is 3.62. The van der Waals surface area contributed by atoms with Crippen molar-refractivity contribution >= 4 is 5.97 Å². The van der Waals surface area contributed by atoms with Crippen molar-refractivity contribution in [3.05, 3.63) is 0 Å². The monoisotopic (exact) mass is 144 g/mol. The predicted molar refractivity (Wildman–Crippen MR) is 35.6 cm³/mol. The van der Waals surface area contributed by atoms with Gasteiger partial charge < -0.3 is 10.2 Å². The third-order valence-electron chi connectivity index (χ3n) is 2.05. The van der Waals surface area contributed by atoms with Crippen molar-refractivity contribution in [1.29, 1.82) is 0 Å². The molecule has 0 unspecified atom stereocenters. The molecule has 58 valence electrons. The summed E-state index contributed by atoms with van der Waals surface area (Å²) in [5, 5.41) is 17.7. The zero-order chi connectivity index (χ0) is 7.56. The predicted octanol–water partition coefficient (Wildman–Crippen LogP) is 0.622. The summed E-state index contributed by atoms with van der Waals surface area (Å²) in [6.45, 7) is 0. The number of carboxylic acid groups (broad SMARTS) is 1. The van der Waals surface area contributed by atoms with Crippen LogP contribution in [0.3, 0.4) is 0 Å². The van der Waals surface area contributed by atoms with Crippen LogP contribution in [0.2, 0.25) is 0 Å². The molecule has 3 nitrogen and oxygen atoms in total. The van der Waals surface area contributed by atoms with Crippen LogP contribution in [0.1, 0.15) is 25.7 Å². The Morgan fingerprint density at radius 1 is 1.30 bits per heavy atom. The number of hydrogen-bond acceptors (Lipinski definition) is 2. The van der Waals surface area contributed by atoms with Crippen LogP contribution in [0, 0.1) is 5.92 Å². The van der Waals surface area contributed by atoms with Gasteiger partial charge in [-0.25, -0.2) is 0 Å². The lowest BCUT2D eigenvalue weighted by molar-refractivity contribution is -0.147. The van der Waals surface area contributed by atoms with Crippen molar-refractivity contribution in [3.63, 3.8) is 0 Å². The minimum absolute atomic E-state index is 0.506. The van der Waals surface area contributed by atoms with E-state index in [9.17, 15) is 4.79 Å². The molecule has 0 aromatic heterocycles. The average molecular weight is 144 g/mol. The Morgan fingerprint density at radius 3 is 2.30 bits per heavy atom. The first-order valence-electron chi connectivity index (χ1n) is 3.62. The van der Waals surface area contributed by atoms with E-state index in [-0.39, 0.29) is 0 Å². The van der Waals surface area contributed by atoms with Gasteiger partial charge in [-0.05, 0) is 12.8 Å². The van der Waals surface area contributed by atoms with Gasteiger partial charge in [0.2, 0.25) is 0 Å². The maximum atomic E-state index is 10.4. The van der Waals surface area contributed by atoms with Crippen LogP contribution < -0.4 is 0 Å². The molecule has 0 aliphatic heterocycles. The third-order valence-corrected chi connectivity index (χ3v) is 2.05. The highest BCUT2D eigenvalue weighted by molar-refractivity contribution is 5.70. The lowest BCUT2D eigenvalue weighted by Crippen LogP contribution is -2.30. The zero-order valence-corrected chi connectivity index (χ0v) is 5.79. The van der Waals surface area contributed by atoms with E-state index in [0.29, 0.717) is 12.8 Å². The van der Waals surface area contributed by atoms with E-state index >= 15 is 0 Å². The Morgan fingerprint density at radius 2 is 1.90 bits per heavy atom. The van der Waals surface area contributed by atoms with Crippen LogP contribution in [0.15, 0.2) is 0 Å². The van der Waals surface area contributed by atoms with Gasteiger partial charge in [-0.3, -0.25) is 4.79 Å². The smallest absolute Gasteiger partial charge is 0.309 e. The van der Waals surface area contributed by atoms with Gasteiger partial charge in [0, 0.05) is 0 Å². The Balaban J connectivity index is 2.47. The molecule has 0 amide bonds. The lowest BCUT2D eigenvalue weighted by atomic mass is 9.87. The van der Waals surface area contributed by atoms with Gasteiger partial charge in [0.05, 0.1) is 12.0 Å². The fourth-order valence-corrected chi connectivity index (χ4v) is 1.40. The molecule has 1 aliphatic rings. The van der Waals surface area contributed by atoms with E-state index in [2.05, 4.69) is 0 Å². The largest absolute Gasteiger partial charge is 0.481 e. The summed E-state index contributed by atoms with van der Waals surface area (Å²) >= 11 is 0. The van der Waals surface area contributed by atoms with Gasteiger partial charge in [0.15, 0.2) is 0 Å². The summed E-state index contributed by atoms with van der Waals surface area (Å²) in [6.07, 6.45) is 2.58. The van der Waals surface area contributed by atoms with Crippen molar-refractivity contribution in [2.24, 2.45) is 5.92 Å². The summed E-state index contributed by atoms with van der Waals surface area (Å²) in [6, 6.07) is 0. The van der Waals surface area contributed by atoms with Crippen molar-refractivity contribution in [2.45, 2.75) is 31.8 Å². The molecule has 0 saturated heterocycles. The molecule has 1 aliphatic carbocycles. The molecular formula is C7H12O3. The van der Waals surface area contributed by atoms with Crippen LogP contribution >= 0.6 is 0 Å². The molecule has 0 aromatic carbocycles. The van der Waals surface area contributed by atoms with Crippen LogP contribution in [-0.2, 0) is 4.79 Å². The van der Waals surface area contributed by atoms with E-state index in [1.807, 2.05) is 0 Å². The highest BCUT2D eigenvalue weighted by atomic mass is 16.4. The van der Waals surface area contributed by atoms with Crippen LogP contribution in [-0.4, -0.2) is 22.3 Å². The van der Waals surface area contributed by atoms with Gasteiger partial charge in [-0.1, -0.05) is 12.8 Å². The first-order chi connectivity index (χ1) is 4.72. The number of carbonyl (C=O) groups is 1. The third kappa shape index (κ3) is 1.48. The second-order valence-electron chi connectivity index (χ2n) is 2.80. The Hall–Kier alpha value is -0.570. The fraction of sp³-hybridized carbons (Fsp3) is 0.857. The van der Waals surface area contributed by atoms with Gasteiger partial charge in [0.1, 0.15) is 0 Å². The molecular weight excluding hydrogens is 132 g/mol. The average Bonchev–Trinajstić information content (AvgIpc) is 1.88. The quantitative estimate of drug-likeness (QED) is 0.567. The molecule has 10 heavy (non-hydrogen) atoms. The standard InChI is InChI=1S/C7H12O3/c8-6-4-2-1-3-5(6)7(9)10/h5-6,8H,1-4H2,(H,9,10)/t5-,6-/m0/s1. The molecule has 2 N–H and O–H groups in total. The molecule has 0 radical (unpaired) electrons. The van der Waals surface area contributed by atoms with Crippen LogP contribution in [0.25, 0.3) is 0 Å². The van der Waals surface area contributed by atoms with Gasteiger partial charge in [-0.15, -0.1) is 0 Å². The van der Waals surface area contributed by atoms with E-state index in [0.717, 1.165) is 12.8 Å². The fourth-order valence-electron chi connectivity index (χ4n) is 1.40. The maximum Gasteiger partial charge on any atom is 0.309 e. The number of aliphatic hydroxyl groups is 1. The highest BCUT2D eigenvalue weighted by Crippen LogP contribution is 2.23. The van der Waals surface area contributed by atoms with E-state index in [4.69, 9.17) is 10.2 Å². The lowest BCUT2D eigenvalue weighted by Gasteiger charge is -2.23. The molecule has 0 spiro atoms. The summed E-state index contributed by atoms with van der Waals surface area (Å²) in [5.74, 6) is -1.36. The molecule has 1 saturated carbocycles. The maximum absolute atomic E-state index is 10.4. The Kier molecular flexibility index (Phi) is 2.27. The minimum atomic E-state index is -0.854. The molecule has 2 atom stereocenters. The Labute approximate surface area is 59.7 Å². The second kappa shape index (κ2) is 3.01. The van der Waals surface area contributed by atoms with E-state index in [1.165, 1.54) is 0 Å². The molecule has 0 heterocycles. The zero-order valence-electron chi connectivity index (χ0n) is 5.79. The second-order valence-corrected chi connectivity index (χ2v) is 2.80. The molecule has 0 bridgehead atoms. The molecule has 1 fully saturated rings. The van der Waals surface area contributed by atoms with Gasteiger partial charge in [-0.2, -0.15) is 0 Å². The first kappa shape index (κ1) is 7.54. The number of aliphatic hydroxyl groups excluding tert-OH is 1. The number of hydrogen-bond donors (Lipinski definition) is 2. The van der Waals surface area contributed by atoms with Gasteiger partial charge in [0.25, 0.3) is 0 Å². The van der Waals surface area contributed by atoms with E-state index < -0.39 is 18.0 Å². The number of aliphatic carboxylic acids is 1. The van der Waals surface area contributed by atoms with Crippen molar-refractivity contribution in [2.75, 3.05) is 0 Å². The topological polar surface area (TPSA) is 57.5 Å². The summed E-state index contributed by atoms with van der Waals surface area (Å²) in [4.78, 5) is 10.4. The number of rotatable bonds is 1. The molecule has 0 aromatic rings. The molecule has 1 rings (SSSR count). The Bertz CT molecular complexity index is 133. The highest BCUT2D eigenvalue weighted by Gasteiger charge is 2.28. The summed E-state index contributed by atoms with van der Waals surface area (Å²) in [7, 11) is 0. The van der Waals surface area contributed by atoms with Crippen molar-refractivity contribution in [3.8, 4) is 0 Å². The minimum Gasteiger partial charge on any atom is -0.481 e. The number of carboxylic acids is 1. The van der Waals surface area contributed by atoms with E-state index in [1.54, 1.807) is 0 Å². The van der Waals surface area contributed by atoms with Crippen molar-refractivity contribution < 1.29 is 15.0 Å². The van der Waals surface area contributed by atoms with Crippen LogP contribution in [0.5, 0.6) is 0 Å². The van der Waals surface area contributed by atoms with Crippen molar-refractivity contribution in [1.82, 2.24) is 0 Å². The summed E-state index contributed by atoms with van der Waals surface area (Å²) in [5.41, 5.74) is 0. The van der Waals surface area contributed by atoms with Crippen LogP contribution in [0.4, 0.5) is 0 Å². The molecule has 3 heteroatoms. The summed E-state index contributed by atoms with van der Waals surface area (Å²) < 4.78 is 0. The normalized spacial score (nSPS) is 33.7.